The van der Waals surface area contributed by atoms with Crippen molar-refractivity contribution in [3.63, 3.8) is 0 Å². The Labute approximate surface area is 128 Å². The normalized spacial score (nSPS) is 26.8. The summed E-state index contributed by atoms with van der Waals surface area (Å²) >= 11 is 0. The Balaban J connectivity index is 2.59. The van der Waals surface area contributed by atoms with Crippen molar-refractivity contribution in [1.82, 2.24) is 0 Å². The first-order valence-electron chi connectivity index (χ1n) is 8.63. The third kappa shape index (κ3) is 4.12. The van der Waals surface area contributed by atoms with Gasteiger partial charge in [0.2, 0.25) is 0 Å². The van der Waals surface area contributed by atoms with E-state index in [4.69, 9.17) is 0 Å². The van der Waals surface area contributed by atoms with Gasteiger partial charge in [-0.15, -0.1) is 0 Å². The van der Waals surface area contributed by atoms with Gasteiger partial charge in [0.15, 0.2) is 0 Å². The van der Waals surface area contributed by atoms with E-state index in [2.05, 4.69) is 62.0 Å². The highest BCUT2D eigenvalue weighted by atomic mass is 14.4. The summed E-state index contributed by atoms with van der Waals surface area (Å²) < 4.78 is 0. The molecule has 118 valence electrons. The maximum Gasteiger partial charge on any atom is -0.0122 e. The van der Waals surface area contributed by atoms with Gasteiger partial charge in [0.1, 0.15) is 0 Å². The molecule has 0 bridgehead atoms. The molecule has 0 aromatic carbocycles. The zero-order valence-corrected chi connectivity index (χ0v) is 15.3. The van der Waals surface area contributed by atoms with Crippen molar-refractivity contribution >= 4 is 0 Å². The first kappa shape index (κ1) is 17.8. The van der Waals surface area contributed by atoms with Crippen molar-refractivity contribution in [1.29, 1.82) is 0 Å². The Morgan fingerprint density at radius 1 is 1.15 bits per heavy atom. The maximum absolute atomic E-state index is 4.21. The van der Waals surface area contributed by atoms with Gasteiger partial charge in [-0.3, -0.25) is 0 Å². The quantitative estimate of drug-likeness (QED) is 0.454. The van der Waals surface area contributed by atoms with Crippen molar-refractivity contribution < 1.29 is 0 Å². The van der Waals surface area contributed by atoms with Crippen LogP contribution < -0.4 is 0 Å². The summed E-state index contributed by atoms with van der Waals surface area (Å²) in [5.74, 6) is 3.40. The van der Waals surface area contributed by atoms with Crippen LogP contribution in [0.3, 0.4) is 0 Å². The fourth-order valence-corrected chi connectivity index (χ4v) is 3.98. The third-order valence-corrected chi connectivity index (χ3v) is 6.58. The molecule has 0 heterocycles. The second kappa shape index (κ2) is 6.24. The minimum absolute atomic E-state index is 0.249. The summed E-state index contributed by atoms with van der Waals surface area (Å²) in [6, 6.07) is 0. The number of allylic oxidation sites excluding steroid dienone is 1. The van der Waals surface area contributed by atoms with Crippen molar-refractivity contribution in [2.24, 2.45) is 34.5 Å². The monoisotopic (exact) mass is 278 g/mol. The van der Waals surface area contributed by atoms with Crippen molar-refractivity contribution in [3.05, 3.63) is 12.2 Å². The van der Waals surface area contributed by atoms with Crippen LogP contribution in [0.5, 0.6) is 0 Å². The van der Waals surface area contributed by atoms with E-state index in [-0.39, 0.29) is 5.41 Å². The van der Waals surface area contributed by atoms with Crippen LogP contribution >= 0.6 is 0 Å². The van der Waals surface area contributed by atoms with E-state index >= 15 is 0 Å². The first-order chi connectivity index (χ1) is 8.97. The summed E-state index contributed by atoms with van der Waals surface area (Å²) in [7, 11) is 0. The standard InChI is InChI=1S/C20H38/c1-14(2)20(8,9)17(5)16(4)12-19(6,7)13-18-11-10-15(18)3/h15-18H,1,10-13H2,2-9H3. The van der Waals surface area contributed by atoms with Crippen LogP contribution in [-0.4, -0.2) is 0 Å². The Morgan fingerprint density at radius 3 is 2.05 bits per heavy atom. The van der Waals surface area contributed by atoms with Gasteiger partial charge in [-0.25, -0.2) is 0 Å². The molecule has 0 spiro atoms. The highest BCUT2D eigenvalue weighted by Gasteiger charge is 2.36. The predicted molar refractivity (Wildman–Crippen MR) is 91.8 cm³/mol. The zero-order valence-electron chi connectivity index (χ0n) is 15.3. The molecule has 4 unspecified atom stereocenters. The van der Waals surface area contributed by atoms with E-state index in [1.165, 1.54) is 31.3 Å². The predicted octanol–water partition coefficient (Wildman–Crippen LogP) is 6.71. The summed E-state index contributed by atoms with van der Waals surface area (Å²) in [4.78, 5) is 0. The van der Waals surface area contributed by atoms with Crippen LogP contribution in [0, 0.1) is 34.5 Å². The highest BCUT2D eigenvalue weighted by Crippen LogP contribution is 2.47. The second-order valence-electron chi connectivity index (χ2n) is 9.16. The van der Waals surface area contributed by atoms with Crippen LogP contribution in [0.2, 0.25) is 0 Å². The number of hydrogen-bond acceptors (Lipinski definition) is 0. The van der Waals surface area contributed by atoms with Crippen molar-refractivity contribution in [2.75, 3.05) is 0 Å². The molecule has 20 heavy (non-hydrogen) atoms. The van der Waals surface area contributed by atoms with E-state index in [9.17, 15) is 0 Å². The fourth-order valence-electron chi connectivity index (χ4n) is 3.98. The molecule has 0 nitrogen and oxygen atoms in total. The average Bonchev–Trinajstić information content (AvgIpc) is 2.32. The average molecular weight is 279 g/mol. The number of hydrogen-bond donors (Lipinski definition) is 0. The van der Waals surface area contributed by atoms with Crippen LogP contribution in [0.4, 0.5) is 0 Å². The van der Waals surface area contributed by atoms with Crippen molar-refractivity contribution in [3.8, 4) is 0 Å². The molecule has 0 saturated heterocycles. The van der Waals surface area contributed by atoms with Crippen LogP contribution in [-0.2, 0) is 0 Å². The largest absolute Gasteiger partial charge is 0.0996 e. The van der Waals surface area contributed by atoms with Gasteiger partial charge >= 0.3 is 0 Å². The smallest absolute Gasteiger partial charge is 0.0122 e. The lowest BCUT2D eigenvalue weighted by atomic mass is 9.62. The SMILES string of the molecule is C=C(C)C(C)(C)C(C)C(C)CC(C)(C)CC1CCC1C. The summed E-state index contributed by atoms with van der Waals surface area (Å²) in [6.45, 7) is 23.4. The third-order valence-electron chi connectivity index (χ3n) is 6.58. The summed E-state index contributed by atoms with van der Waals surface area (Å²) in [6.07, 6.45) is 5.67. The lowest BCUT2D eigenvalue weighted by Crippen LogP contribution is -2.33. The van der Waals surface area contributed by atoms with Crippen LogP contribution in [0.25, 0.3) is 0 Å². The van der Waals surface area contributed by atoms with E-state index in [0.717, 1.165) is 17.8 Å². The van der Waals surface area contributed by atoms with E-state index in [1.807, 2.05) is 0 Å². The number of rotatable bonds is 7. The minimum Gasteiger partial charge on any atom is -0.0996 e. The molecule has 0 aromatic heterocycles. The van der Waals surface area contributed by atoms with Gasteiger partial charge in [0.25, 0.3) is 0 Å². The molecule has 0 amide bonds. The van der Waals surface area contributed by atoms with Gasteiger partial charge in [0.05, 0.1) is 0 Å². The van der Waals surface area contributed by atoms with Crippen LogP contribution in [0.15, 0.2) is 12.2 Å². The first-order valence-corrected chi connectivity index (χ1v) is 8.63. The molecule has 4 atom stereocenters. The van der Waals surface area contributed by atoms with Gasteiger partial charge in [0, 0.05) is 0 Å². The molecule has 1 fully saturated rings. The van der Waals surface area contributed by atoms with Gasteiger partial charge < -0.3 is 0 Å². The summed E-state index contributed by atoms with van der Waals surface area (Å²) in [5.41, 5.74) is 2.06. The Kier molecular flexibility index (Phi) is 5.55. The lowest BCUT2D eigenvalue weighted by molar-refractivity contribution is 0.0867. The molecular weight excluding hydrogens is 240 g/mol. The minimum atomic E-state index is 0.249. The fraction of sp³-hybridized carbons (Fsp3) is 0.900. The topological polar surface area (TPSA) is 0 Å². The van der Waals surface area contributed by atoms with Gasteiger partial charge in [-0.05, 0) is 60.7 Å². The molecule has 0 N–H and O–H groups in total. The molecule has 0 aromatic rings. The molecule has 0 radical (unpaired) electrons. The van der Waals surface area contributed by atoms with Gasteiger partial charge in [-0.1, -0.05) is 67.0 Å². The zero-order chi connectivity index (χ0) is 15.7. The lowest BCUT2D eigenvalue weighted by Gasteiger charge is -2.43. The second-order valence-corrected chi connectivity index (χ2v) is 9.16. The molecule has 0 aliphatic heterocycles. The van der Waals surface area contributed by atoms with Crippen molar-refractivity contribution in [2.45, 2.75) is 81.1 Å². The Bertz CT molecular complexity index is 334. The molecule has 1 rings (SSSR count). The molecule has 1 aliphatic carbocycles. The Morgan fingerprint density at radius 2 is 1.70 bits per heavy atom. The summed E-state index contributed by atoms with van der Waals surface area (Å²) in [5, 5.41) is 0. The van der Waals surface area contributed by atoms with Gasteiger partial charge in [-0.2, -0.15) is 0 Å². The van der Waals surface area contributed by atoms with Crippen LogP contribution in [0.1, 0.15) is 81.1 Å². The highest BCUT2D eigenvalue weighted by molar-refractivity contribution is 5.06. The molecule has 1 aliphatic rings. The van der Waals surface area contributed by atoms with E-state index in [0.29, 0.717) is 11.3 Å². The van der Waals surface area contributed by atoms with E-state index in [1.54, 1.807) is 0 Å². The molecular formula is C20H38. The molecule has 0 heteroatoms. The maximum atomic E-state index is 4.21. The Hall–Kier alpha value is -0.260. The molecule has 1 saturated carbocycles. The van der Waals surface area contributed by atoms with E-state index < -0.39 is 0 Å².